The van der Waals surface area contributed by atoms with Gasteiger partial charge in [0.05, 0.1) is 17.2 Å². The van der Waals surface area contributed by atoms with Gasteiger partial charge in [0.2, 0.25) is 5.43 Å². The molecule has 1 atom stereocenters. The van der Waals surface area contributed by atoms with Crippen molar-refractivity contribution in [3.05, 3.63) is 57.5 Å². The minimum atomic E-state index is -4.56. The second-order valence-corrected chi connectivity index (χ2v) is 5.91. The fourth-order valence-electron chi connectivity index (χ4n) is 2.20. The number of nitrogens with zero attached hydrogens (tertiary/aromatic N) is 2. The number of halogens is 3. The zero-order valence-electron chi connectivity index (χ0n) is 14.4. The zero-order chi connectivity index (χ0) is 20.4. The SMILES string of the molecule is Cc1cc(=O)c(C(=O)NCC(C)C(=O)O)nn1-c1cccc(C(F)(F)F)c1. The van der Waals surface area contributed by atoms with E-state index in [1.54, 1.807) is 0 Å². The van der Waals surface area contributed by atoms with Gasteiger partial charge in [0.1, 0.15) is 0 Å². The first-order chi connectivity index (χ1) is 12.5. The van der Waals surface area contributed by atoms with Crippen LogP contribution in [0, 0.1) is 12.8 Å². The van der Waals surface area contributed by atoms with Gasteiger partial charge in [-0.2, -0.15) is 18.3 Å². The fraction of sp³-hybridized carbons (Fsp3) is 0.294. The molecule has 2 N–H and O–H groups in total. The molecule has 1 heterocycles. The number of carbonyl (C=O) groups is 2. The van der Waals surface area contributed by atoms with Crippen molar-refractivity contribution in [2.24, 2.45) is 5.92 Å². The van der Waals surface area contributed by atoms with Crippen LogP contribution >= 0.6 is 0 Å². The Bertz CT molecular complexity index is 938. The van der Waals surface area contributed by atoms with E-state index >= 15 is 0 Å². The van der Waals surface area contributed by atoms with Crippen LogP contribution in [-0.2, 0) is 11.0 Å². The summed E-state index contributed by atoms with van der Waals surface area (Å²) in [6, 6.07) is 5.35. The number of nitrogens with one attached hydrogen (secondary N) is 1. The van der Waals surface area contributed by atoms with Gasteiger partial charge in [-0.05, 0) is 25.1 Å². The average Bonchev–Trinajstić information content (AvgIpc) is 2.58. The van der Waals surface area contributed by atoms with Crippen molar-refractivity contribution >= 4 is 11.9 Å². The summed E-state index contributed by atoms with van der Waals surface area (Å²) < 4.78 is 39.8. The molecule has 0 aliphatic rings. The number of aromatic nitrogens is 2. The molecule has 2 rings (SSSR count). The summed E-state index contributed by atoms with van der Waals surface area (Å²) in [6.45, 7) is 2.60. The molecule has 2 aromatic rings. The molecule has 0 fully saturated rings. The number of hydrogen-bond donors (Lipinski definition) is 2. The quantitative estimate of drug-likeness (QED) is 0.823. The predicted octanol–water partition coefficient (Wildman–Crippen LogP) is 2.01. The molecule has 0 saturated carbocycles. The zero-order valence-corrected chi connectivity index (χ0v) is 14.4. The van der Waals surface area contributed by atoms with Crippen molar-refractivity contribution in [1.29, 1.82) is 0 Å². The third-order valence-corrected chi connectivity index (χ3v) is 3.73. The molecular weight excluding hydrogens is 367 g/mol. The second-order valence-electron chi connectivity index (χ2n) is 5.91. The molecule has 7 nitrogen and oxygen atoms in total. The van der Waals surface area contributed by atoms with Crippen LogP contribution in [0.1, 0.15) is 28.7 Å². The molecule has 0 radical (unpaired) electrons. The number of rotatable bonds is 5. The second kappa shape index (κ2) is 7.60. The van der Waals surface area contributed by atoms with E-state index in [0.29, 0.717) is 0 Å². The Morgan fingerprint density at radius 3 is 2.56 bits per heavy atom. The van der Waals surface area contributed by atoms with Crippen molar-refractivity contribution in [2.45, 2.75) is 20.0 Å². The molecule has 0 spiro atoms. The summed E-state index contributed by atoms with van der Waals surface area (Å²) in [7, 11) is 0. The van der Waals surface area contributed by atoms with E-state index in [1.807, 2.05) is 0 Å². The van der Waals surface area contributed by atoms with Crippen LogP contribution in [-0.4, -0.2) is 33.3 Å². The van der Waals surface area contributed by atoms with Crippen LogP contribution in [0.25, 0.3) is 5.69 Å². The van der Waals surface area contributed by atoms with E-state index in [2.05, 4.69) is 10.4 Å². The number of benzene rings is 1. The summed E-state index contributed by atoms with van der Waals surface area (Å²) in [5, 5.41) is 15.0. The lowest BCUT2D eigenvalue weighted by atomic mass is 10.2. The molecule has 1 aromatic carbocycles. The average molecular weight is 383 g/mol. The van der Waals surface area contributed by atoms with E-state index in [4.69, 9.17) is 5.11 Å². The van der Waals surface area contributed by atoms with Gasteiger partial charge >= 0.3 is 12.1 Å². The maximum Gasteiger partial charge on any atom is 0.416 e. The van der Waals surface area contributed by atoms with Gasteiger partial charge in [0.25, 0.3) is 5.91 Å². The summed E-state index contributed by atoms with van der Waals surface area (Å²) in [5.41, 5.74) is -1.92. The molecule has 0 aliphatic carbocycles. The third-order valence-electron chi connectivity index (χ3n) is 3.73. The fourth-order valence-corrected chi connectivity index (χ4v) is 2.20. The highest BCUT2D eigenvalue weighted by molar-refractivity contribution is 5.92. The van der Waals surface area contributed by atoms with E-state index < -0.39 is 40.7 Å². The number of amides is 1. The minimum absolute atomic E-state index is 0.0234. The first-order valence-electron chi connectivity index (χ1n) is 7.80. The highest BCUT2D eigenvalue weighted by atomic mass is 19.4. The van der Waals surface area contributed by atoms with Crippen LogP contribution in [0.5, 0.6) is 0 Å². The summed E-state index contributed by atoms with van der Waals surface area (Å²) >= 11 is 0. The molecular formula is C17H16F3N3O4. The molecule has 1 aromatic heterocycles. The van der Waals surface area contributed by atoms with Gasteiger partial charge in [0.15, 0.2) is 5.69 Å². The van der Waals surface area contributed by atoms with Crippen molar-refractivity contribution in [2.75, 3.05) is 6.54 Å². The lowest BCUT2D eigenvalue weighted by Gasteiger charge is -2.14. The maximum atomic E-state index is 12.9. The molecule has 27 heavy (non-hydrogen) atoms. The number of carboxylic acid groups (broad SMARTS) is 1. The van der Waals surface area contributed by atoms with Gasteiger partial charge in [0, 0.05) is 18.3 Å². The van der Waals surface area contributed by atoms with Gasteiger partial charge in [-0.1, -0.05) is 13.0 Å². The van der Waals surface area contributed by atoms with Crippen LogP contribution in [0.4, 0.5) is 13.2 Å². The Balaban J connectivity index is 2.40. The van der Waals surface area contributed by atoms with E-state index in [1.165, 1.54) is 26.0 Å². The van der Waals surface area contributed by atoms with Gasteiger partial charge in [-0.15, -0.1) is 0 Å². The van der Waals surface area contributed by atoms with E-state index in [9.17, 15) is 27.6 Å². The first-order valence-corrected chi connectivity index (χ1v) is 7.80. The molecule has 144 valence electrons. The number of carboxylic acids is 1. The number of aryl methyl sites for hydroxylation is 1. The molecule has 0 saturated heterocycles. The largest absolute Gasteiger partial charge is 0.481 e. The standard InChI is InChI=1S/C17H16F3N3O4/c1-9(16(26)27)8-21-15(25)14-13(24)6-10(2)23(22-14)12-5-3-4-11(7-12)17(18,19)20/h3-7,9H,8H2,1-2H3,(H,21,25)(H,26,27). The predicted molar refractivity (Wildman–Crippen MR) is 88.7 cm³/mol. The Hall–Kier alpha value is -3.17. The molecule has 10 heteroatoms. The number of hydrogen-bond acceptors (Lipinski definition) is 4. The summed E-state index contributed by atoms with van der Waals surface area (Å²) in [4.78, 5) is 35.0. The smallest absolute Gasteiger partial charge is 0.416 e. The maximum absolute atomic E-state index is 12.9. The highest BCUT2D eigenvalue weighted by Crippen LogP contribution is 2.30. The monoisotopic (exact) mass is 383 g/mol. The Kier molecular flexibility index (Phi) is 5.67. The Labute approximate surface area is 151 Å². The van der Waals surface area contributed by atoms with Crippen LogP contribution in [0.3, 0.4) is 0 Å². The number of aliphatic carboxylic acids is 1. The normalized spacial score (nSPS) is 12.5. The Morgan fingerprint density at radius 1 is 1.30 bits per heavy atom. The van der Waals surface area contributed by atoms with Crippen molar-refractivity contribution in [3.8, 4) is 5.69 Å². The first kappa shape index (κ1) is 20.1. The molecule has 0 bridgehead atoms. The van der Waals surface area contributed by atoms with Crippen LogP contribution in [0.2, 0.25) is 0 Å². The van der Waals surface area contributed by atoms with Crippen molar-refractivity contribution in [1.82, 2.24) is 15.1 Å². The molecule has 1 amide bonds. The molecule has 1 unspecified atom stereocenters. The minimum Gasteiger partial charge on any atom is -0.481 e. The van der Waals surface area contributed by atoms with Crippen molar-refractivity contribution < 1.29 is 27.9 Å². The lowest BCUT2D eigenvalue weighted by Crippen LogP contribution is -2.36. The molecule has 0 aliphatic heterocycles. The van der Waals surface area contributed by atoms with E-state index in [0.717, 1.165) is 22.9 Å². The van der Waals surface area contributed by atoms with E-state index in [-0.39, 0.29) is 17.9 Å². The van der Waals surface area contributed by atoms with Crippen LogP contribution < -0.4 is 10.7 Å². The summed E-state index contributed by atoms with van der Waals surface area (Å²) in [6.07, 6.45) is -4.56. The number of alkyl halides is 3. The van der Waals surface area contributed by atoms with Gasteiger partial charge in [-0.3, -0.25) is 14.4 Å². The van der Waals surface area contributed by atoms with Crippen LogP contribution in [0.15, 0.2) is 35.1 Å². The van der Waals surface area contributed by atoms with Gasteiger partial charge < -0.3 is 10.4 Å². The Morgan fingerprint density at radius 2 is 1.96 bits per heavy atom. The lowest BCUT2D eigenvalue weighted by molar-refractivity contribution is -0.141. The van der Waals surface area contributed by atoms with Gasteiger partial charge in [-0.25, -0.2) is 4.68 Å². The highest BCUT2D eigenvalue weighted by Gasteiger charge is 2.30. The third kappa shape index (κ3) is 4.72. The summed E-state index contributed by atoms with van der Waals surface area (Å²) in [5.74, 6) is -2.92. The number of carbonyl (C=O) groups excluding carboxylic acids is 1. The van der Waals surface area contributed by atoms with Crippen molar-refractivity contribution in [3.63, 3.8) is 0 Å². The topological polar surface area (TPSA) is 101 Å².